The van der Waals surface area contributed by atoms with Crippen molar-refractivity contribution in [3.63, 3.8) is 0 Å². The number of benzene rings is 1. The van der Waals surface area contributed by atoms with Crippen molar-refractivity contribution in [2.24, 2.45) is 0 Å². The van der Waals surface area contributed by atoms with Gasteiger partial charge in [0.2, 0.25) is 5.95 Å². The van der Waals surface area contributed by atoms with Crippen LogP contribution in [0.15, 0.2) is 30.3 Å². The first kappa shape index (κ1) is 15.2. The highest BCUT2D eigenvalue weighted by Crippen LogP contribution is 2.17. The van der Waals surface area contributed by atoms with Gasteiger partial charge >= 0.3 is 0 Å². The molecule has 6 nitrogen and oxygen atoms in total. The highest BCUT2D eigenvalue weighted by Gasteiger charge is 2.03. The molecular weight excluding hydrogens is 268 g/mol. The minimum Gasteiger partial charge on any atom is -0.394 e. The van der Waals surface area contributed by atoms with Gasteiger partial charge in [-0.05, 0) is 44.2 Å². The van der Waals surface area contributed by atoms with Crippen LogP contribution in [0.1, 0.15) is 11.4 Å². The molecule has 2 rings (SSSR count). The number of aliphatic hydroxyl groups is 2. The predicted octanol–water partition coefficient (Wildman–Crippen LogP) is 1.60. The van der Waals surface area contributed by atoms with Crippen molar-refractivity contribution in [2.75, 3.05) is 23.8 Å². The number of anilines is 3. The first-order chi connectivity index (χ1) is 10.1. The minimum atomic E-state index is -0.758. The van der Waals surface area contributed by atoms with Crippen molar-refractivity contribution >= 4 is 17.3 Å². The van der Waals surface area contributed by atoms with Crippen LogP contribution in [-0.2, 0) is 0 Å². The standard InChI is InChI=1S/C15H20N4O2/c1-10-7-11(2)18-15(17-10)19-13-5-3-12(4-6-13)16-8-14(21)9-20/h3-7,14,16,20-21H,8-9H2,1-2H3,(H,17,18,19). The summed E-state index contributed by atoms with van der Waals surface area (Å²) in [7, 11) is 0. The molecule has 1 atom stereocenters. The summed E-state index contributed by atoms with van der Waals surface area (Å²) in [6.45, 7) is 3.92. The van der Waals surface area contributed by atoms with Crippen LogP contribution in [0, 0.1) is 13.8 Å². The Bertz CT molecular complexity index is 566. The van der Waals surface area contributed by atoms with E-state index in [0.29, 0.717) is 12.5 Å². The van der Waals surface area contributed by atoms with Gasteiger partial charge in [-0.25, -0.2) is 9.97 Å². The maximum Gasteiger partial charge on any atom is 0.227 e. The molecule has 0 aliphatic carbocycles. The molecular formula is C15H20N4O2. The number of aliphatic hydroxyl groups excluding tert-OH is 2. The molecule has 0 spiro atoms. The molecule has 0 amide bonds. The van der Waals surface area contributed by atoms with Crippen LogP contribution in [0.2, 0.25) is 0 Å². The van der Waals surface area contributed by atoms with Gasteiger partial charge in [-0.3, -0.25) is 0 Å². The van der Waals surface area contributed by atoms with Crippen LogP contribution in [0.5, 0.6) is 0 Å². The van der Waals surface area contributed by atoms with E-state index in [1.54, 1.807) is 0 Å². The zero-order valence-electron chi connectivity index (χ0n) is 12.2. The van der Waals surface area contributed by atoms with Gasteiger partial charge in [0.15, 0.2) is 0 Å². The van der Waals surface area contributed by atoms with Crippen molar-refractivity contribution in [2.45, 2.75) is 20.0 Å². The third kappa shape index (κ3) is 4.70. The monoisotopic (exact) mass is 288 g/mol. The quantitative estimate of drug-likeness (QED) is 0.645. The number of aryl methyl sites for hydroxylation is 2. The Balaban J connectivity index is 1.98. The van der Waals surface area contributed by atoms with E-state index in [2.05, 4.69) is 20.6 Å². The first-order valence-electron chi connectivity index (χ1n) is 6.79. The lowest BCUT2D eigenvalue weighted by molar-refractivity contribution is 0.105. The topological polar surface area (TPSA) is 90.3 Å². The Morgan fingerprint density at radius 3 is 2.19 bits per heavy atom. The van der Waals surface area contributed by atoms with Gasteiger partial charge < -0.3 is 20.8 Å². The highest BCUT2D eigenvalue weighted by molar-refractivity contribution is 5.58. The van der Waals surface area contributed by atoms with Crippen LogP contribution < -0.4 is 10.6 Å². The van der Waals surface area contributed by atoms with Crippen LogP contribution in [0.25, 0.3) is 0 Å². The SMILES string of the molecule is Cc1cc(C)nc(Nc2ccc(NCC(O)CO)cc2)n1. The van der Waals surface area contributed by atoms with Gasteiger partial charge in [0, 0.05) is 29.3 Å². The van der Waals surface area contributed by atoms with Gasteiger partial charge in [-0.15, -0.1) is 0 Å². The second-order valence-corrected chi connectivity index (χ2v) is 4.89. The average molecular weight is 288 g/mol. The molecule has 0 saturated carbocycles. The molecule has 1 aromatic carbocycles. The molecule has 6 heteroatoms. The van der Waals surface area contributed by atoms with Gasteiger partial charge in [-0.2, -0.15) is 0 Å². The summed E-state index contributed by atoms with van der Waals surface area (Å²) in [6.07, 6.45) is -0.758. The predicted molar refractivity (Wildman–Crippen MR) is 82.8 cm³/mol. The third-order valence-corrected chi connectivity index (χ3v) is 2.88. The van der Waals surface area contributed by atoms with Crippen LogP contribution in [-0.4, -0.2) is 39.4 Å². The Morgan fingerprint density at radius 1 is 1.05 bits per heavy atom. The molecule has 2 aromatic rings. The molecule has 0 aliphatic heterocycles. The summed E-state index contributed by atoms with van der Waals surface area (Å²) in [5.74, 6) is 0.573. The number of aromatic nitrogens is 2. The van der Waals surface area contributed by atoms with E-state index in [4.69, 9.17) is 5.11 Å². The fourth-order valence-electron chi connectivity index (χ4n) is 1.88. The van der Waals surface area contributed by atoms with Crippen LogP contribution in [0.4, 0.5) is 17.3 Å². The smallest absolute Gasteiger partial charge is 0.227 e. The van der Waals surface area contributed by atoms with Crippen LogP contribution >= 0.6 is 0 Å². The molecule has 0 fully saturated rings. The van der Waals surface area contributed by atoms with Crippen molar-refractivity contribution in [3.05, 3.63) is 41.7 Å². The van der Waals surface area contributed by atoms with Gasteiger partial charge in [0.1, 0.15) is 0 Å². The fourth-order valence-corrected chi connectivity index (χ4v) is 1.88. The average Bonchev–Trinajstić information content (AvgIpc) is 2.45. The first-order valence-corrected chi connectivity index (χ1v) is 6.79. The fraction of sp³-hybridized carbons (Fsp3) is 0.333. The highest BCUT2D eigenvalue weighted by atomic mass is 16.3. The van der Waals surface area contributed by atoms with Crippen molar-refractivity contribution < 1.29 is 10.2 Å². The van der Waals surface area contributed by atoms with Crippen molar-refractivity contribution in [1.82, 2.24) is 9.97 Å². The van der Waals surface area contributed by atoms with E-state index >= 15 is 0 Å². The van der Waals surface area contributed by atoms with E-state index in [9.17, 15) is 5.11 Å². The molecule has 1 aromatic heterocycles. The van der Waals surface area contributed by atoms with Gasteiger partial charge in [-0.1, -0.05) is 0 Å². The van der Waals surface area contributed by atoms with Crippen molar-refractivity contribution in [3.8, 4) is 0 Å². The molecule has 0 aliphatic rings. The van der Waals surface area contributed by atoms with E-state index in [1.165, 1.54) is 0 Å². The Morgan fingerprint density at radius 2 is 1.62 bits per heavy atom. The third-order valence-electron chi connectivity index (χ3n) is 2.88. The Hall–Kier alpha value is -2.18. The van der Waals surface area contributed by atoms with Gasteiger partial charge in [0.05, 0.1) is 12.7 Å². The second-order valence-electron chi connectivity index (χ2n) is 4.89. The number of nitrogens with one attached hydrogen (secondary N) is 2. The number of nitrogens with zero attached hydrogens (tertiary/aromatic N) is 2. The van der Waals surface area contributed by atoms with Crippen LogP contribution in [0.3, 0.4) is 0 Å². The largest absolute Gasteiger partial charge is 0.394 e. The maximum absolute atomic E-state index is 9.28. The van der Waals surface area contributed by atoms with E-state index in [1.807, 2.05) is 44.2 Å². The summed E-state index contributed by atoms with van der Waals surface area (Å²) in [5.41, 5.74) is 3.59. The lowest BCUT2D eigenvalue weighted by Crippen LogP contribution is -2.22. The molecule has 0 radical (unpaired) electrons. The van der Waals surface area contributed by atoms with Crippen molar-refractivity contribution in [1.29, 1.82) is 0 Å². The normalized spacial score (nSPS) is 12.0. The summed E-state index contributed by atoms with van der Waals surface area (Å²) in [6, 6.07) is 9.48. The van der Waals surface area contributed by atoms with E-state index < -0.39 is 6.10 Å². The summed E-state index contributed by atoms with van der Waals surface area (Å²) >= 11 is 0. The lowest BCUT2D eigenvalue weighted by atomic mass is 10.2. The molecule has 4 N–H and O–H groups in total. The summed E-state index contributed by atoms with van der Waals surface area (Å²) in [4.78, 5) is 8.65. The summed E-state index contributed by atoms with van der Waals surface area (Å²) in [5, 5.41) is 24.2. The zero-order valence-corrected chi connectivity index (χ0v) is 12.2. The zero-order chi connectivity index (χ0) is 15.2. The number of rotatable bonds is 6. The molecule has 1 unspecified atom stereocenters. The molecule has 0 saturated heterocycles. The Labute approximate surface area is 123 Å². The van der Waals surface area contributed by atoms with E-state index in [-0.39, 0.29) is 6.61 Å². The minimum absolute atomic E-state index is 0.253. The number of hydrogen-bond donors (Lipinski definition) is 4. The number of hydrogen-bond acceptors (Lipinski definition) is 6. The molecule has 112 valence electrons. The molecule has 0 bridgehead atoms. The molecule has 21 heavy (non-hydrogen) atoms. The van der Waals surface area contributed by atoms with E-state index in [0.717, 1.165) is 22.8 Å². The summed E-state index contributed by atoms with van der Waals surface area (Å²) < 4.78 is 0. The van der Waals surface area contributed by atoms with Gasteiger partial charge in [0.25, 0.3) is 0 Å². The molecule has 1 heterocycles. The maximum atomic E-state index is 9.28. The lowest BCUT2D eigenvalue weighted by Gasteiger charge is -2.11. The second kappa shape index (κ2) is 7.01. The Kier molecular flexibility index (Phi) is 5.08.